The Morgan fingerprint density at radius 3 is 2.43 bits per heavy atom. The Balaban J connectivity index is 1.10. The maximum atomic E-state index is 13.1. The molecular formula is C36H38F2N4O7. The number of esters is 2. The molecule has 0 aliphatic heterocycles. The monoisotopic (exact) mass is 676 g/mol. The largest absolute Gasteiger partial charge is 0.504 e. The minimum Gasteiger partial charge on any atom is -0.504 e. The zero-order valence-electron chi connectivity index (χ0n) is 27.1. The number of rotatable bonds is 12. The average molecular weight is 677 g/mol. The Morgan fingerprint density at radius 1 is 0.959 bits per heavy atom. The van der Waals surface area contributed by atoms with E-state index in [2.05, 4.69) is 20.3 Å². The van der Waals surface area contributed by atoms with Gasteiger partial charge in [0.15, 0.2) is 11.5 Å². The molecule has 13 heteroatoms. The Bertz CT molecular complexity index is 1780. The second-order valence-corrected chi connectivity index (χ2v) is 12.4. The molecule has 1 fully saturated rings. The summed E-state index contributed by atoms with van der Waals surface area (Å²) in [5.41, 5.74) is 1.91. The highest BCUT2D eigenvalue weighted by atomic mass is 19.3. The number of phenols is 2. The number of aryl methyl sites for hydroxylation is 2. The Kier molecular flexibility index (Phi) is 11.0. The predicted molar refractivity (Wildman–Crippen MR) is 175 cm³/mol. The second kappa shape index (κ2) is 15.4. The van der Waals surface area contributed by atoms with Crippen LogP contribution in [0.1, 0.15) is 67.8 Å². The van der Waals surface area contributed by atoms with Gasteiger partial charge in [0.1, 0.15) is 17.2 Å². The number of nitrogens with zero attached hydrogens (tertiary/aromatic N) is 3. The number of phenolic OH excluding ortho intramolecular Hbond substituents is 2. The summed E-state index contributed by atoms with van der Waals surface area (Å²) in [5.74, 6) is -1.41. The van der Waals surface area contributed by atoms with Crippen molar-refractivity contribution in [1.82, 2.24) is 15.0 Å². The van der Waals surface area contributed by atoms with Crippen LogP contribution in [0.25, 0.3) is 11.3 Å². The molecule has 1 saturated carbocycles. The number of pyridine rings is 3. The minimum absolute atomic E-state index is 0.00888. The number of benzene rings is 1. The van der Waals surface area contributed by atoms with E-state index >= 15 is 0 Å². The molecule has 49 heavy (non-hydrogen) atoms. The summed E-state index contributed by atoms with van der Waals surface area (Å²) in [6.07, 6.45) is 2.72. The van der Waals surface area contributed by atoms with E-state index in [1.54, 1.807) is 31.3 Å². The molecule has 3 heterocycles. The number of aromatic nitrogens is 3. The first kappa shape index (κ1) is 35.1. The van der Waals surface area contributed by atoms with E-state index in [1.165, 1.54) is 30.5 Å². The number of nitrogens with one attached hydrogen (secondary N) is 1. The topological polar surface area (TPSA) is 164 Å². The van der Waals surface area contributed by atoms with Crippen LogP contribution in [0.2, 0.25) is 0 Å². The van der Waals surface area contributed by atoms with Crippen molar-refractivity contribution in [3.05, 3.63) is 89.4 Å². The first-order valence-corrected chi connectivity index (χ1v) is 15.9. The number of alkyl halides is 2. The fourth-order valence-electron chi connectivity index (χ4n) is 5.92. The van der Waals surface area contributed by atoms with Crippen LogP contribution < -0.4 is 5.32 Å². The Labute approximate surface area is 282 Å². The second-order valence-electron chi connectivity index (χ2n) is 12.4. The van der Waals surface area contributed by atoms with Crippen LogP contribution in [0.5, 0.6) is 11.5 Å². The van der Waals surface area contributed by atoms with Crippen LogP contribution in [0.3, 0.4) is 0 Å². The number of aliphatic hydroxyl groups is 1. The molecule has 0 amide bonds. The fourth-order valence-corrected chi connectivity index (χ4v) is 5.92. The highest BCUT2D eigenvalue weighted by Gasteiger charge is 2.39. The number of hydrogen-bond acceptors (Lipinski definition) is 11. The molecule has 11 nitrogen and oxygen atoms in total. The molecule has 0 unspecified atom stereocenters. The van der Waals surface area contributed by atoms with Crippen LogP contribution in [-0.4, -0.2) is 49.0 Å². The third-order valence-electron chi connectivity index (χ3n) is 8.77. The maximum absolute atomic E-state index is 13.1. The number of ether oxygens (including phenoxy) is 2. The molecule has 4 aromatic rings. The first-order chi connectivity index (χ1) is 23.4. The van der Waals surface area contributed by atoms with E-state index in [9.17, 15) is 33.7 Å². The third kappa shape index (κ3) is 9.05. The average Bonchev–Trinajstić information content (AvgIpc) is 3.08. The number of aromatic hydroxyl groups is 2. The van der Waals surface area contributed by atoms with E-state index in [-0.39, 0.29) is 47.6 Å². The summed E-state index contributed by atoms with van der Waals surface area (Å²) in [4.78, 5) is 38.0. The van der Waals surface area contributed by atoms with Gasteiger partial charge in [-0.05, 0) is 112 Å². The SMILES string of the molecule is Cc1cc(Nc2cc(C(F)F)ccn2)nc(-c2ccc([C@](C)(O)C3CCC(C(=O)OCOC(=O)CCc4ccc(O)c(O)c4)CC3)nc2)c1. The van der Waals surface area contributed by atoms with Gasteiger partial charge in [-0.3, -0.25) is 14.6 Å². The van der Waals surface area contributed by atoms with Crippen molar-refractivity contribution in [1.29, 1.82) is 0 Å². The molecule has 1 atom stereocenters. The standard InChI is InChI=1S/C36H38F2N4O7/c1-21-15-27(41-32(16-21)42-31-18-24(34(37)38)13-14-39-31)25-7-11-30(40-19-25)36(2,47)26-8-5-23(6-9-26)35(46)49-20-48-33(45)12-4-22-3-10-28(43)29(44)17-22/h3,7,10-11,13-19,23,26,34,43-44,47H,4-6,8-9,12,20H2,1-2H3,(H,39,41,42)/t23?,26?,36-/m1/s1. The molecule has 1 aliphatic rings. The van der Waals surface area contributed by atoms with Crippen LogP contribution in [0.15, 0.2) is 67.0 Å². The normalized spacial score (nSPS) is 17.3. The summed E-state index contributed by atoms with van der Waals surface area (Å²) < 4.78 is 36.5. The molecule has 1 aromatic carbocycles. The molecule has 0 saturated heterocycles. The molecule has 5 rings (SSSR count). The van der Waals surface area contributed by atoms with Crippen molar-refractivity contribution < 1.29 is 43.2 Å². The van der Waals surface area contributed by atoms with Crippen LogP contribution in [0, 0.1) is 18.8 Å². The van der Waals surface area contributed by atoms with E-state index in [1.807, 2.05) is 19.1 Å². The van der Waals surface area contributed by atoms with Crippen molar-refractivity contribution in [2.75, 3.05) is 12.1 Å². The zero-order valence-corrected chi connectivity index (χ0v) is 27.1. The van der Waals surface area contributed by atoms with E-state index < -0.39 is 30.8 Å². The minimum atomic E-state index is -2.62. The number of carbonyl (C=O) groups excluding carboxylic acids is 2. The van der Waals surface area contributed by atoms with Crippen molar-refractivity contribution >= 4 is 23.6 Å². The van der Waals surface area contributed by atoms with Gasteiger partial charge in [0, 0.05) is 29.9 Å². The number of anilines is 2. The Hall–Kier alpha value is -5.17. The summed E-state index contributed by atoms with van der Waals surface area (Å²) >= 11 is 0. The van der Waals surface area contributed by atoms with Gasteiger partial charge < -0.3 is 30.1 Å². The van der Waals surface area contributed by atoms with Gasteiger partial charge in [0.05, 0.1) is 17.3 Å². The van der Waals surface area contributed by atoms with Crippen LogP contribution in [-0.2, 0) is 31.1 Å². The first-order valence-electron chi connectivity index (χ1n) is 15.9. The van der Waals surface area contributed by atoms with Gasteiger partial charge in [-0.25, -0.2) is 18.7 Å². The van der Waals surface area contributed by atoms with Crippen molar-refractivity contribution in [3.63, 3.8) is 0 Å². The zero-order chi connectivity index (χ0) is 35.1. The lowest BCUT2D eigenvalue weighted by molar-refractivity contribution is -0.171. The molecule has 258 valence electrons. The van der Waals surface area contributed by atoms with E-state index in [4.69, 9.17) is 9.47 Å². The van der Waals surface area contributed by atoms with Crippen molar-refractivity contribution in [2.45, 2.75) is 64.4 Å². The molecule has 0 bridgehead atoms. The predicted octanol–water partition coefficient (Wildman–Crippen LogP) is 6.63. The third-order valence-corrected chi connectivity index (χ3v) is 8.77. The van der Waals surface area contributed by atoms with Crippen LogP contribution in [0.4, 0.5) is 20.4 Å². The van der Waals surface area contributed by atoms with E-state index in [0.717, 1.165) is 5.56 Å². The Morgan fingerprint density at radius 2 is 1.73 bits per heavy atom. The lowest BCUT2D eigenvalue weighted by Crippen LogP contribution is -2.37. The quantitative estimate of drug-likeness (QED) is 0.0723. The molecule has 3 aromatic heterocycles. The smallest absolute Gasteiger partial charge is 0.311 e. The van der Waals surface area contributed by atoms with Crippen LogP contribution >= 0.6 is 0 Å². The number of hydrogen-bond donors (Lipinski definition) is 4. The fraction of sp³-hybridized carbons (Fsp3) is 0.361. The molecule has 0 radical (unpaired) electrons. The van der Waals surface area contributed by atoms with Gasteiger partial charge >= 0.3 is 11.9 Å². The highest BCUT2D eigenvalue weighted by molar-refractivity contribution is 5.73. The lowest BCUT2D eigenvalue weighted by Gasteiger charge is -2.37. The van der Waals surface area contributed by atoms with Crippen molar-refractivity contribution in [2.24, 2.45) is 11.8 Å². The molecule has 4 N–H and O–H groups in total. The number of carbonyl (C=O) groups is 2. The summed E-state index contributed by atoms with van der Waals surface area (Å²) in [6.45, 7) is 3.10. The molecule has 0 spiro atoms. The summed E-state index contributed by atoms with van der Waals surface area (Å²) in [7, 11) is 0. The van der Waals surface area contributed by atoms with Crippen molar-refractivity contribution in [3.8, 4) is 22.8 Å². The summed E-state index contributed by atoms with van der Waals surface area (Å²) in [5, 5.41) is 33.5. The lowest BCUT2D eigenvalue weighted by atomic mass is 9.73. The number of halogens is 2. The highest BCUT2D eigenvalue weighted by Crippen LogP contribution is 2.41. The van der Waals surface area contributed by atoms with Gasteiger partial charge in [-0.2, -0.15) is 0 Å². The molecule has 1 aliphatic carbocycles. The van der Waals surface area contributed by atoms with Gasteiger partial charge in [0.25, 0.3) is 6.43 Å². The van der Waals surface area contributed by atoms with Gasteiger partial charge in [-0.15, -0.1) is 0 Å². The summed E-state index contributed by atoms with van der Waals surface area (Å²) in [6, 6.07) is 14.0. The van der Waals surface area contributed by atoms with Gasteiger partial charge in [-0.1, -0.05) is 6.07 Å². The van der Waals surface area contributed by atoms with E-state index in [0.29, 0.717) is 54.0 Å². The molecular weight excluding hydrogens is 638 g/mol. The maximum Gasteiger partial charge on any atom is 0.311 e. The van der Waals surface area contributed by atoms with Gasteiger partial charge in [0.2, 0.25) is 6.79 Å².